The molecule has 1 aromatic heterocycles. The number of nitrogens with one attached hydrogen (secondary N) is 2. The molecule has 0 saturated carbocycles. The first-order valence-electron chi connectivity index (χ1n) is 6.97. The van der Waals surface area contributed by atoms with Gasteiger partial charge in [0.1, 0.15) is 11.6 Å². The van der Waals surface area contributed by atoms with Gasteiger partial charge in [-0.1, -0.05) is 6.58 Å². The zero-order valence-corrected chi connectivity index (χ0v) is 15.1. The number of aryl methyl sites for hydroxylation is 1. The minimum atomic E-state index is -4.47. The van der Waals surface area contributed by atoms with Gasteiger partial charge in [-0.3, -0.25) is 4.55 Å². The molecule has 136 valence electrons. The molecule has 0 saturated heterocycles. The molecule has 0 spiro atoms. The van der Waals surface area contributed by atoms with Crippen molar-refractivity contribution in [3.05, 3.63) is 29.2 Å². The van der Waals surface area contributed by atoms with E-state index in [0.717, 1.165) is 16.5 Å². The van der Waals surface area contributed by atoms with Gasteiger partial charge in [-0.25, -0.2) is 17.6 Å². The first kappa shape index (κ1) is 20.4. The van der Waals surface area contributed by atoms with Crippen LogP contribution in [0.4, 0.5) is 11.6 Å². The summed E-state index contributed by atoms with van der Waals surface area (Å²) in [6.45, 7) is 6.97. The highest BCUT2D eigenvalue weighted by molar-refractivity contribution is 7.94. The van der Waals surface area contributed by atoms with E-state index in [-0.39, 0.29) is 25.4 Å². The van der Waals surface area contributed by atoms with Gasteiger partial charge < -0.3 is 10.6 Å². The molecule has 1 heterocycles. The Hall–Kier alpha value is -1.69. The van der Waals surface area contributed by atoms with Crippen LogP contribution in [0.2, 0.25) is 0 Å². The molecule has 1 rings (SSSR count). The smallest absolute Gasteiger partial charge is 0.369 e. The minimum absolute atomic E-state index is 0.101. The van der Waals surface area contributed by atoms with Crippen molar-refractivity contribution in [3.8, 4) is 0 Å². The van der Waals surface area contributed by atoms with Gasteiger partial charge in [-0.15, -0.1) is 0 Å². The standard InChI is InChI=1S/C13H21N3O6S2/c1-4-23(17,18)8-6-14-12-9-10(2)11(3)13(16-12)15-5-7-22-24(19,20)21/h4,9H,1,5-8H2,2-3H3,(H2,14,15,16)(H,19,20,21). The van der Waals surface area contributed by atoms with Crippen LogP contribution in [-0.4, -0.2) is 51.8 Å². The molecular weight excluding hydrogens is 358 g/mol. The van der Waals surface area contributed by atoms with Crippen molar-refractivity contribution < 1.29 is 25.6 Å². The zero-order chi connectivity index (χ0) is 18.4. The molecule has 0 aliphatic heterocycles. The van der Waals surface area contributed by atoms with E-state index in [4.69, 9.17) is 4.55 Å². The van der Waals surface area contributed by atoms with Gasteiger partial charge in [0.15, 0.2) is 9.84 Å². The summed E-state index contributed by atoms with van der Waals surface area (Å²) < 4.78 is 56.3. The average molecular weight is 379 g/mol. The highest BCUT2D eigenvalue weighted by Crippen LogP contribution is 2.20. The number of nitrogens with zero attached hydrogens (tertiary/aromatic N) is 1. The number of rotatable bonds is 10. The average Bonchev–Trinajstić information content (AvgIpc) is 2.47. The molecule has 1 aromatic rings. The van der Waals surface area contributed by atoms with Crippen LogP contribution < -0.4 is 10.6 Å². The quantitative estimate of drug-likeness (QED) is 0.400. The monoisotopic (exact) mass is 379 g/mol. The normalized spacial score (nSPS) is 12.0. The maximum absolute atomic E-state index is 11.4. The molecule has 0 radical (unpaired) electrons. The van der Waals surface area contributed by atoms with Crippen molar-refractivity contribution in [3.63, 3.8) is 0 Å². The van der Waals surface area contributed by atoms with Crippen LogP contribution in [0.25, 0.3) is 0 Å². The Morgan fingerprint density at radius 1 is 1.25 bits per heavy atom. The lowest BCUT2D eigenvalue weighted by Gasteiger charge is -2.13. The number of anilines is 2. The molecule has 0 bridgehead atoms. The fourth-order valence-electron chi connectivity index (χ4n) is 1.72. The lowest BCUT2D eigenvalue weighted by Crippen LogP contribution is -2.17. The van der Waals surface area contributed by atoms with E-state index < -0.39 is 20.2 Å². The largest absolute Gasteiger partial charge is 0.397 e. The van der Waals surface area contributed by atoms with Crippen LogP contribution in [0.5, 0.6) is 0 Å². The molecule has 3 N–H and O–H groups in total. The summed E-state index contributed by atoms with van der Waals surface area (Å²) in [7, 11) is -7.76. The summed E-state index contributed by atoms with van der Waals surface area (Å²) in [5, 5.41) is 6.72. The van der Waals surface area contributed by atoms with Gasteiger partial charge in [0.25, 0.3) is 0 Å². The molecule has 0 amide bonds. The Kier molecular flexibility index (Phi) is 7.14. The molecule has 0 fully saturated rings. The number of pyridine rings is 1. The molecule has 0 aliphatic carbocycles. The van der Waals surface area contributed by atoms with E-state index in [1.54, 1.807) is 6.07 Å². The first-order valence-corrected chi connectivity index (χ1v) is 10.0. The SMILES string of the molecule is C=CS(=O)(=O)CCNc1cc(C)c(C)c(NCCOS(=O)(=O)O)n1. The van der Waals surface area contributed by atoms with E-state index in [0.29, 0.717) is 11.6 Å². The van der Waals surface area contributed by atoms with Crippen molar-refractivity contribution in [2.45, 2.75) is 13.8 Å². The Morgan fingerprint density at radius 3 is 2.50 bits per heavy atom. The third-order valence-corrected chi connectivity index (χ3v) is 4.85. The van der Waals surface area contributed by atoms with E-state index in [2.05, 4.69) is 26.4 Å². The van der Waals surface area contributed by atoms with E-state index in [1.807, 2.05) is 13.8 Å². The van der Waals surface area contributed by atoms with Gasteiger partial charge in [0.2, 0.25) is 0 Å². The molecule has 0 atom stereocenters. The van der Waals surface area contributed by atoms with Crippen LogP contribution in [0.3, 0.4) is 0 Å². The molecule has 24 heavy (non-hydrogen) atoms. The molecule has 0 aliphatic rings. The molecule has 0 aromatic carbocycles. The molecule has 9 nitrogen and oxygen atoms in total. The fraction of sp³-hybridized carbons (Fsp3) is 0.462. The van der Waals surface area contributed by atoms with E-state index in [9.17, 15) is 16.8 Å². The predicted octanol–water partition coefficient (Wildman–Crippen LogP) is 0.900. The third-order valence-electron chi connectivity index (χ3n) is 3.11. The first-order chi connectivity index (χ1) is 11.0. The summed E-state index contributed by atoms with van der Waals surface area (Å²) in [4.78, 5) is 4.30. The maximum atomic E-state index is 11.4. The summed E-state index contributed by atoms with van der Waals surface area (Å²) in [6.07, 6.45) is 0. The lowest BCUT2D eigenvalue weighted by atomic mass is 10.1. The third kappa shape index (κ3) is 7.25. The van der Waals surface area contributed by atoms with Crippen LogP contribution in [0.15, 0.2) is 18.1 Å². The summed E-state index contributed by atoms with van der Waals surface area (Å²) in [6, 6.07) is 1.77. The lowest BCUT2D eigenvalue weighted by molar-refractivity contribution is 0.278. The number of sulfone groups is 1. The topological polar surface area (TPSA) is 135 Å². The van der Waals surface area contributed by atoms with E-state index >= 15 is 0 Å². The van der Waals surface area contributed by atoms with Gasteiger partial charge in [-0.05, 0) is 31.0 Å². The highest BCUT2D eigenvalue weighted by atomic mass is 32.3. The second kappa shape index (κ2) is 8.42. The molecular formula is C13H21N3O6S2. The van der Waals surface area contributed by atoms with Gasteiger partial charge in [-0.2, -0.15) is 8.42 Å². The summed E-state index contributed by atoms with van der Waals surface area (Å²) in [5.74, 6) is 0.884. The van der Waals surface area contributed by atoms with Crippen molar-refractivity contribution in [1.29, 1.82) is 0 Å². The van der Waals surface area contributed by atoms with Crippen LogP contribution in [0, 0.1) is 13.8 Å². The molecule has 11 heteroatoms. The summed E-state index contributed by atoms with van der Waals surface area (Å²) >= 11 is 0. The van der Waals surface area contributed by atoms with E-state index in [1.165, 1.54) is 0 Å². The van der Waals surface area contributed by atoms with Crippen molar-refractivity contribution in [2.24, 2.45) is 0 Å². The fourth-order valence-corrected chi connectivity index (χ4v) is 2.57. The van der Waals surface area contributed by atoms with Crippen LogP contribution in [-0.2, 0) is 24.4 Å². The Labute approximate surface area is 142 Å². The summed E-state index contributed by atoms with van der Waals surface area (Å²) in [5.41, 5.74) is 1.77. The van der Waals surface area contributed by atoms with Crippen LogP contribution >= 0.6 is 0 Å². The predicted molar refractivity (Wildman–Crippen MR) is 92.2 cm³/mol. The number of hydrogen-bond donors (Lipinski definition) is 3. The highest BCUT2D eigenvalue weighted by Gasteiger charge is 2.09. The Balaban J connectivity index is 2.69. The van der Waals surface area contributed by atoms with Crippen molar-refractivity contribution in [2.75, 3.05) is 36.1 Å². The van der Waals surface area contributed by atoms with Crippen molar-refractivity contribution in [1.82, 2.24) is 4.98 Å². The van der Waals surface area contributed by atoms with Gasteiger partial charge in [0, 0.05) is 18.5 Å². The van der Waals surface area contributed by atoms with Crippen LogP contribution in [0.1, 0.15) is 11.1 Å². The minimum Gasteiger partial charge on any atom is -0.369 e. The second-order valence-corrected chi connectivity index (χ2v) is 8.09. The second-order valence-electron chi connectivity index (χ2n) is 4.93. The maximum Gasteiger partial charge on any atom is 0.397 e. The number of aromatic nitrogens is 1. The van der Waals surface area contributed by atoms with Gasteiger partial charge in [0.05, 0.1) is 12.4 Å². The zero-order valence-electron chi connectivity index (χ0n) is 13.4. The Morgan fingerprint density at radius 2 is 1.92 bits per heavy atom. The van der Waals surface area contributed by atoms with Crippen molar-refractivity contribution >= 4 is 31.9 Å². The van der Waals surface area contributed by atoms with Gasteiger partial charge >= 0.3 is 10.4 Å². The number of hydrogen-bond acceptors (Lipinski definition) is 8. The Bertz CT molecular complexity index is 790. The molecule has 0 unspecified atom stereocenters.